The van der Waals surface area contributed by atoms with E-state index in [-0.39, 0.29) is 5.78 Å². The summed E-state index contributed by atoms with van der Waals surface area (Å²) in [4.78, 5) is 12.4. The van der Waals surface area contributed by atoms with Gasteiger partial charge >= 0.3 is 0 Å². The van der Waals surface area contributed by atoms with Crippen LogP contribution in [0.5, 0.6) is 5.75 Å². The topological polar surface area (TPSA) is 30.2 Å². The maximum atomic E-state index is 12.4. The number of carbonyl (C=O) groups excluding carboxylic acids is 1. The number of carbonyl (C=O) groups is 1. The highest BCUT2D eigenvalue weighted by Crippen LogP contribution is 2.12. The van der Waals surface area contributed by atoms with Crippen molar-refractivity contribution in [1.29, 1.82) is 0 Å². The lowest BCUT2D eigenvalue weighted by molar-refractivity contribution is -0.697. The molecule has 0 aliphatic heterocycles. The Morgan fingerprint density at radius 1 is 0.917 bits per heavy atom. The second-order valence-corrected chi connectivity index (χ2v) is 5.68. The van der Waals surface area contributed by atoms with E-state index in [4.69, 9.17) is 4.74 Å². The van der Waals surface area contributed by atoms with Crippen LogP contribution < -0.4 is 9.30 Å². The highest BCUT2D eigenvalue weighted by atomic mass is 16.5. The number of ketones is 1. The molecular weight excluding hydrogens is 298 g/mol. The van der Waals surface area contributed by atoms with Crippen LogP contribution in [0.1, 0.15) is 21.5 Å². The van der Waals surface area contributed by atoms with Crippen LogP contribution in [-0.2, 0) is 6.54 Å². The molecule has 2 aromatic carbocycles. The minimum atomic E-state index is 0.0405. The van der Waals surface area contributed by atoms with E-state index in [9.17, 15) is 4.79 Å². The summed E-state index contributed by atoms with van der Waals surface area (Å²) < 4.78 is 7.76. The third kappa shape index (κ3) is 4.07. The zero-order chi connectivity index (χ0) is 16.8. The van der Waals surface area contributed by atoms with E-state index < -0.39 is 0 Å². The fourth-order valence-corrected chi connectivity index (χ4v) is 2.49. The first kappa shape index (κ1) is 15.9. The predicted octanol–water partition coefficient (Wildman–Crippen LogP) is 3.59. The van der Waals surface area contributed by atoms with E-state index in [1.54, 1.807) is 0 Å². The molecule has 0 saturated heterocycles. The number of hydrogen-bond donors (Lipinski definition) is 0. The molecule has 0 fully saturated rings. The van der Waals surface area contributed by atoms with Crippen molar-refractivity contribution in [2.75, 3.05) is 6.61 Å². The van der Waals surface area contributed by atoms with Gasteiger partial charge in [-0.1, -0.05) is 42.5 Å². The van der Waals surface area contributed by atoms with Crippen molar-refractivity contribution in [2.24, 2.45) is 0 Å². The molecule has 24 heavy (non-hydrogen) atoms. The van der Waals surface area contributed by atoms with Gasteiger partial charge in [-0.2, -0.15) is 0 Å². The molecule has 0 aliphatic rings. The average molecular weight is 318 g/mol. The summed E-state index contributed by atoms with van der Waals surface area (Å²) in [5, 5.41) is 0. The molecule has 0 saturated carbocycles. The molecule has 3 nitrogen and oxygen atoms in total. The predicted molar refractivity (Wildman–Crippen MR) is 93.2 cm³/mol. The van der Waals surface area contributed by atoms with Crippen LogP contribution in [0, 0.1) is 6.92 Å². The summed E-state index contributed by atoms with van der Waals surface area (Å²) in [5.74, 6) is 0.922. The molecule has 0 spiro atoms. The minimum absolute atomic E-state index is 0.0405. The van der Waals surface area contributed by atoms with Crippen molar-refractivity contribution in [1.82, 2.24) is 0 Å². The second-order valence-electron chi connectivity index (χ2n) is 5.68. The Morgan fingerprint density at radius 2 is 1.62 bits per heavy atom. The fraction of sp³-hybridized carbons (Fsp3) is 0.143. The van der Waals surface area contributed by atoms with Crippen molar-refractivity contribution in [3.8, 4) is 5.75 Å². The number of aryl methyl sites for hydroxylation is 1. The first-order chi connectivity index (χ1) is 11.7. The van der Waals surface area contributed by atoms with Gasteiger partial charge in [0.15, 0.2) is 24.7 Å². The van der Waals surface area contributed by atoms with Crippen LogP contribution in [0.4, 0.5) is 0 Å². The van der Waals surface area contributed by atoms with Crippen LogP contribution in [0.25, 0.3) is 0 Å². The van der Waals surface area contributed by atoms with E-state index in [0.717, 1.165) is 12.3 Å². The maximum Gasteiger partial charge on any atom is 0.193 e. The Morgan fingerprint density at radius 3 is 2.33 bits per heavy atom. The molecule has 120 valence electrons. The number of pyridine rings is 1. The normalized spacial score (nSPS) is 10.4. The standard InChI is InChI=1S/C21H20NO2/c1-17-6-5-9-20(16-17)24-15-14-22-12-10-19(11-13-22)21(23)18-7-3-2-4-8-18/h2-13,16H,14-15H2,1H3/q+1. The molecule has 3 rings (SSSR count). The molecule has 3 aromatic rings. The number of aromatic nitrogens is 1. The van der Waals surface area contributed by atoms with Gasteiger partial charge in [-0.05, 0) is 24.6 Å². The summed E-state index contributed by atoms with van der Waals surface area (Å²) in [6, 6.07) is 21.0. The summed E-state index contributed by atoms with van der Waals surface area (Å²) >= 11 is 0. The number of rotatable bonds is 6. The summed E-state index contributed by atoms with van der Waals surface area (Å²) in [6.45, 7) is 3.36. The molecule has 1 aromatic heterocycles. The lowest BCUT2D eigenvalue weighted by Crippen LogP contribution is -2.36. The van der Waals surface area contributed by atoms with Crippen LogP contribution in [0.2, 0.25) is 0 Å². The Bertz CT molecular complexity index is 811. The molecule has 0 atom stereocenters. The van der Waals surface area contributed by atoms with E-state index in [2.05, 4.69) is 0 Å². The number of benzene rings is 2. The molecule has 0 amide bonds. The van der Waals surface area contributed by atoms with Gasteiger partial charge in [-0.25, -0.2) is 4.57 Å². The van der Waals surface area contributed by atoms with Crippen molar-refractivity contribution >= 4 is 5.78 Å². The number of ether oxygens (including phenoxy) is 1. The van der Waals surface area contributed by atoms with Gasteiger partial charge in [0, 0.05) is 23.3 Å². The molecule has 3 heteroatoms. The molecule has 0 radical (unpaired) electrons. The summed E-state index contributed by atoms with van der Waals surface area (Å²) in [6.07, 6.45) is 3.82. The van der Waals surface area contributed by atoms with Crippen LogP contribution in [-0.4, -0.2) is 12.4 Å². The van der Waals surface area contributed by atoms with Gasteiger partial charge in [-0.3, -0.25) is 4.79 Å². The summed E-state index contributed by atoms with van der Waals surface area (Å²) in [7, 11) is 0. The Hall–Kier alpha value is -2.94. The molecular formula is C21H20NO2+. The van der Waals surface area contributed by atoms with E-state index >= 15 is 0 Å². The zero-order valence-corrected chi connectivity index (χ0v) is 13.7. The Labute approximate surface area is 142 Å². The molecule has 0 N–H and O–H groups in total. The third-order valence-electron chi connectivity index (χ3n) is 3.80. The van der Waals surface area contributed by atoms with Gasteiger partial charge in [0.2, 0.25) is 0 Å². The lowest BCUT2D eigenvalue weighted by atomic mass is 10.0. The maximum absolute atomic E-state index is 12.4. The first-order valence-corrected chi connectivity index (χ1v) is 8.01. The van der Waals surface area contributed by atoms with Crippen molar-refractivity contribution in [2.45, 2.75) is 13.5 Å². The first-order valence-electron chi connectivity index (χ1n) is 8.01. The average Bonchev–Trinajstić information content (AvgIpc) is 2.63. The van der Waals surface area contributed by atoms with Gasteiger partial charge in [0.1, 0.15) is 12.4 Å². The highest BCUT2D eigenvalue weighted by Gasteiger charge is 2.10. The van der Waals surface area contributed by atoms with Crippen LogP contribution >= 0.6 is 0 Å². The summed E-state index contributed by atoms with van der Waals surface area (Å²) in [5.41, 5.74) is 2.58. The fourth-order valence-electron chi connectivity index (χ4n) is 2.49. The number of nitrogens with zero attached hydrogens (tertiary/aromatic N) is 1. The lowest BCUT2D eigenvalue weighted by Gasteiger charge is -2.05. The van der Waals surface area contributed by atoms with Crippen molar-refractivity contribution in [3.63, 3.8) is 0 Å². The molecule has 0 bridgehead atoms. The Kier molecular flexibility index (Phi) is 5.02. The molecule has 1 heterocycles. The Balaban J connectivity index is 1.58. The van der Waals surface area contributed by atoms with E-state index in [1.807, 2.05) is 90.6 Å². The van der Waals surface area contributed by atoms with Crippen LogP contribution in [0.15, 0.2) is 79.1 Å². The third-order valence-corrected chi connectivity index (χ3v) is 3.80. The molecule has 0 unspecified atom stereocenters. The van der Waals surface area contributed by atoms with Crippen LogP contribution in [0.3, 0.4) is 0 Å². The molecule has 0 aliphatic carbocycles. The minimum Gasteiger partial charge on any atom is -0.487 e. The monoisotopic (exact) mass is 318 g/mol. The number of hydrogen-bond acceptors (Lipinski definition) is 2. The quantitative estimate of drug-likeness (QED) is 0.513. The largest absolute Gasteiger partial charge is 0.487 e. The SMILES string of the molecule is Cc1cccc(OCC[n+]2ccc(C(=O)c3ccccc3)cc2)c1. The van der Waals surface area contributed by atoms with Crippen molar-refractivity contribution in [3.05, 3.63) is 95.8 Å². The van der Waals surface area contributed by atoms with Gasteiger partial charge in [-0.15, -0.1) is 0 Å². The second kappa shape index (κ2) is 7.55. The van der Waals surface area contributed by atoms with Gasteiger partial charge < -0.3 is 4.74 Å². The highest BCUT2D eigenvalue weighted by molar-refractivity contribution is 6.08. The van der Waals surface area contributed by atoms with Crippen molar-refractivity contribution < 1.29 is 14.1 Å². The van der Waals surface area contributed by atoms with E-state index in [1.165, 1.54) is 5.56 Å². The van der Waals surface area contributed by atoms with Gasteiger partial charge in [0.25, 0.3) is 0 Å². The van der Waals surface area contributed by atoms with E-state index in [0.29, 0.717) is 17.7 Å². The zero-order valence-electron chi connectivity index (χ0n) is 13.7. The smallest absolute Gasteiger partial charge is 0.193 e. The van der Waals surface area contributed by atoms with Gasteiger partial charge in [0.05, 0.1) is 0 Å².